The Hall–Kier alpha value is -2.25. The van der Waals surface area contributed by atoms with E-state index in [0.717, 1.165) is 48.9 Å². The van der Waals surface area contributed by atoms with Crippen LogP contribution in [0.25, 0.3) is 0 Å². The number of carboxylic acid groups (broad SMARTS) is 1. The van der Waals surface area contributed by atoms with Gasteiger partial charge in [-0.2, -0.15) is 0 Å². The highest BCUT2D eigenvalue weighted by molar-refractivity contribution is 7.88. The van der Waals surface area contributed by atoms with Crippen molar-refractivity contribution >= 4 is 21.9 Å². The predicted molar refractivity (Wildman–Crippen MR) is 148 cm³/mol. The Morgan fingerprint density at radius 3 is 2.67 bits per heavy atom. The number of carboxylic acids is 1. The molecule has 3 rings (SSSR count). The Labute approximate surface area is 232 Å². The number of nitrogens with one attached hydrogen (secondary N) is 1. The van der Waals surface area contributed by atoms with Gasteiger partial charge in [-0.1, -0.05) is 25.5 Å². The van der Waals surface area contributed by atoms with Crippen LogP contribution in [0.4, 0.5) is 0 Å². The van der Waals surface area contributed by atoms with Crippen molar-refractivity contribution in [3.05, 3.63) is 29.3 Å². The summed E-state index contributed by atoms with van der Waals surface area (Å²) in [7, 11) is 2.72. The number of hydroxylamine groups is 2. The van der Waals surface area contributed by atoms with Crippen LogP contribution in [0.1, 0.15) is 43.2 Å². The number of fused-ring (bicyclic) bond motifs is 1. The van der Waals surface area contributed by atoms with E-state index in [1.165, 1.54) is 5.06 Å². The number of hydrogen-bond acceptors (Lipinski definition) is 7. The minimum absolute atomic E-state index is 0.00797. The monoisotopic (exact) mass is 569 g/mol. The summed E-state index contributed by atoms with van der Waals surface area (Å²) in [5.74, 6) is -1.52. The Kier molecular flexibility index (Phi) is 10.8. The van der Waals surface area contributed by atoms with E-state index in [1.54, 1.807) is 0 Å². The molecule has 1 aromatic rings. The Balaban J connectivity index is 1.83. The van der Waals surface area contributed by atoms with Crippen molar-refractivity contribution in [3.8, 4) is 5.75 Å². The van der Waals surface area contributed by atoms with E-state index in [4.69, 9.17) is 9.57 Å². The molecule has 2 aliphatic heterocycles. The molecule has 2 heterocycles. The van der Waals surface area contributed by atoms with Gasteiger partial charge in [0.2, 0.25) is 10.0 Å². The molecule has 220 valence electrons. The van der Waals surface area contributed by atoms with Gasteiger partial charge in [0.25, 0.3) is 5.91 Å². The zero-order valence-electron chi connectivity index (χ0n) is 23.9. The van der Waals surface area contributed by atoms with E-state index >= 15 is 0 Å². The number of quaternary nitrogens is 1. The molecule has 0 bridgehead atoms. The highest BCUT2D eigenvalue weighted by Crippen LogP contribution is 2.41. The number of sulfonamides is 1. The fourth-order valence-corrected chi connectivity index (χ4v) is 5.75. The molecule has 1 aromatic carbocycles. The first-order valence-electron chi connectivity index (χ1n) is 13.7. The lowest BCUT2D eigenvalue weighted by Crippen LogP contribution is -2.46. The first-order valence-corrected chi connectivity index (χ1v) is 15.6. The summed E-state index contributed by atoms with van der Waals surface area (Å²) in [6.07, 6.45) is 3.80. The summed E-state index contributed by atoms with van der Waals surface area (Å²) in [6, 6.07) is 5.28. The SMILES string of the molecule is CCCCN(OCC[N+](C)(C)C)C(=O)CN1C[C@H](c2ccc3c(c2)CCO3)[C@@H](C(=O)O)[C@@H]1CCNS(C)(=O)=O. The lowest BCUT2D eigenvalue weighted by Gasteiger charge is -2.30. The topological polar surface area (TPSA) is 125 Å². The minimum Gasteiger partial charge on any atom is -0.493 e. The summed E-state index contributed by atoms with van der Waals surface area (Å²) in [5, 5.41) is 11.7. The molecule has 0 radical (unpaired) electrons. The van der Waals surface area contributed by atoms with Gasteiger partial charge < -0.3 is 14.3 Å². The molecule has 0 aliphatic carbocycles. The number of unbranched alkanes of at least 4 members (excludes halogenated alkanes) is 1. The van der Waals surface area contributed by atoms with Crippen LogP contribution in [-0.4, -0.2) is 119 Å². The Bertz CT molecular complexity index is 1110. The maximum atomic E-state index is 13.5. The lowest BCUT2D eigenvalue weighted by atomic mass is 9.83. The summed E-state index contributed by atoms with van der Waals surface area (Å²) in [6.45, 7) is 4.66. The largest absolute Gasteiger partial charge is 0.493 e. The molecule has 0 spiro atoms. The molecule has 11 nitrogen and oxygen atoms in total. The smallest absolute Gasteiger partial charge is 0.308 e. The first kappa shape index (κ1) is 31.3. The van der Waals surface area contributed by atoms with E-state index in [2.05, 4.69) is 25.9 Å². The molecule has 2 N–H and O–H groups in total. The number of carbonyl (C=O) groups excluding carboxylic acids is 1. The van der Waals surface area contributed by atoms with Crippen LogP contribution in [0.5, 0.6) is 5.75 Å². The highest BCUT2D eigenvalue weighted by Gasteiger charge is 2.47. The second-order valence-corrected chi connectivity index (χ2v) is 13.4. The number of benzene rings is 1. The standard InChI is InChI=1S/C27H44N4O7S/c1-6-7-13-30(38-16-14-31(2,3)4)25(32)19-29-18-22(20-8-9-24-21(17-20)11-15-37-24)26(27(33)34)23(29)10-12-28-39(5,35)36/h8-9,17,22-23,26,28H,6-7,10-16,18-19H2,1-5H3/p+1/t22-,23+,26-/m1/s1. The summed E-state index contributed by atoms with van der Waals surface area (Å²) >= 11 is 0. The number of amides is 1. The van der Waals surface area contributed by atoms with Gasteiger partial charge in [0.15, 0.2) is 0 Å². The molecular formula is C27H45N4O7S+. The van der Waals surface area contributed by atoms with Crippen molar-refractivity contribution in [2.75, 3.05) is 73.3 Å². The number of aliphatic carboxylic acids is 1. The van der Waals surface area contributed by atoms with Crippen molar-refractivity contribution in [2.45, 2.75) is 44.6 Å². The summed E-state index contributed by atoms with van der Waals surface area (Å²) < 4.78 is 32.2. The van der Waals surface area contributed by atoms with Crippen molar-refractivity contribution in [2.24, 2.45) is 5.92 Å². The molecule has 1 amide bonds. The predicted octanol–water partition coefficient (Wildman–Crippen LogP) is 1.30. The van der Waals surface area contributed by atoms with E-state index < -0.39 is 28.0 Å². The number of ether oxygens (including phenoxy) is 1. The van der Waals surface area contributed by atoms with Crippen molar-refractivity contribution < 1.29 is 37.2 Å². The minimum atomic E-state index is -3.44. The fourth-order valence-electron chi connectivity index (χ4n) is 5.26. The quantitative estimate of drug-likeness (QED) is 0.239. The molecule has 39 heavy (non-hydrogen) atoms. The fraction of sp³-hybridized carbons (Fsp3) is 0.704. The summed E-state index contributed by atoms with van der Waals surface area (Å²) in [4.78, 5) is 33.9. The van der Waals surface area contributed by atoms with Gasteiger partial charge in [0, 0.05) is 38.0 Å². The molecule has 0 aromatic heterocycles. The molecule has 12 heteroatoms. The van der Waals surface area contributed by atoms with Gasteiger partial charge in [0.05, 0.1) is 46.5 Å². The van der Waals surface area contributed by atoms with Gasteiger partial charge in [-0.3, -0.25) is 19.3 Å². The van der Waals surface area contributed by atoms with Crippen LogP contribution in [-0.2, 0) is 30.9 Å². The molecular weight excluding hydrogens is 524 g/mol. The van der Waals surface area contributed by atoms with Crippen molar-refractivity contribution in [3.63, 3.8) is 0 Å². The van der Waals surface area contributed by atoms with Gasteiger partial charge in [-0.15, -0.1) is 0 Å². The number of rotatable bonds is 15. The maximum Gasteiger partial charge on any atom is 0.308 e. The number of likely N-dealkylation sites (N-methyl/N-ethyl adjacent to an activating group) is 1. The van der Waals surface area contributed by atoms with Crippen LogP contribution in [0.2, 0.25) is 0 Å². The van der Waals surface area contributed by atoms with Gasteiger partial charge >= 0.3 is 5.97 Å². The lowest BCUT2D eigenvalue weighted by molar-refractivity contribution is -0.871. The van der Waals surface area contributed by atoms with Crippen molar-refractivity contribution in [1.29, 1.82) is 0 Å². The summed E-state index contributed by atoms with van der Waals surface area (Å²) in [5.41, 5.74) is 1.95. The van der Waals surface area contributed by atoms with Gasteiger partial charge in [0.1, 0.15) is 18.9 Å². The molecule has 3 atom stereocenters. The van der Waals surface area contributed by atoms with E-state index in [0.29, 0.717) is 30.8 Å². The van der Waals surface area contributed by atoms with Crippen molar-refractivity contribution in [1.82, 2.24) is 14.7 Å². The van der Waals surface area contributed by atoms with Gasteiger partial charge in [-0.25, -0.2) is 18.2 Å². The third kappa shape index (κ3) is 9.14. The van der Waals surface area contributed by atoms with E-state index in [9.17, 15) is 23.1 Å². The molecule has 0 saturated carbocycles. The number of carbonyl (C=O) groups is 2. The number of likely N-dealkylation sites (tertiary alicyclic amines) is 1. The molecule has 0 unspecified atom stereocenters. The molecule has 1 fully saturated rings. The van der Waals surface area contributed by atoms with E-state index in [-0.39, 0.29) is 31.3 Å². The number of nitrogens with zero attached hydrogens (tertiary/aromatic N) is 3. The zero-order valence-corrected chi connectivity index (χ0v) is 24.7. The van der Waals surface area contributed by atoms with Crippen LogP contribution >= 0.6 is 0 Å². The highest BCUT2D eigenvalue weighted by atomic mass is 32.2. The van der Waals surface area contributed by atoms with Crippen LogP contribution in [0, 0.1) is 5.92 Å². The zero-order chi connectivity index (χ0) is 28.8. The Morgan fingerprint density at radius 1 is 1.28 bits per heavy atom. The normalized spacial score (nSPS) is 21.5. The molecule has 1 saturated heterocycles. The second-order valence-electron chi connectivity index (χ2n) is 11.6. The van der Waals surface area contributed by atoms with E-state index in [1.807, 2.05) is 30.0 Å². The third-order valence-electron chi connectivity index (χ3n) is 7.32. The van der Waals surface area contributed by atoms with Crippen LogP contribution < -0.4 is 9.46 Å². The van der Waals surface area contributed by atoms with Crippen LogP contribution in [0.15, 0.2) is 18.2 Å². The Morgan fingerprint density at radius 2 is 2.03 bits per heavy atom. The molecule has 2 aliphatic rings. The van der Waals surface area contributed by atoms with Gasteiger partial charge in [-0.05, 0) is 30.0 Å². The second kappa shape index (κ2) is 13.4. The number of hydrogen-bond donors (Lipinski definition) is 2. The average molecular weight is 570 g/mol. The maximum absolute atomic E-state index is 13.5. The first-order chi connectivity index (χ1) is 18.3. The van der Waals surface area contributed by atoms with Crippen LogP contribution in [0.3, 0.4) is 0 Å². The third-order valence-corrected chi connectivity index (χ3v) is 8.05. The average Bonchev–Trinajstić information content (AvgIpc) is 3.44.